The number of phenolic OH excluding ortho intramolecular Hbond substituents is 1. The number of nitrogens with zero attached hydrogens (tertiary/aromatic N) is 1. The van der Waals surface area contributed by atoms with Crippen molar-refractivity contribution < 1.29 is 5.11 Å². The third-order valence-electron chi connectivity index (χ3n) is 2.60. The van der Waals surface area contributed by atoms with Crippen molar-refractivity contribution in [3.05, 3.63) is 48.8 Å². The van der Waals surface area contributed by atoms with Gasteiger partial charge in [-0.15, -0.1) is 0 Å². The summed E-state index contributed by atoms with van der Waals surface area (Å²) in [5, 5.41) is 9.43. The number of aromatic nitrogens is 2. The van der Waals surface area contributed by atoms with Crippen LogP contribution in [-0.2, 0) is 0 Å². The number of fused-ring (bicyclic) bond motifs is 1. The Morgan fingerprint density at radius 1 is 1.00 bits per heavy atom. The molecule has 0 aliphatic heterocycles. The van der Waals surface area contributed by atoms with Crippen molar-refractivity contribution in [1.29, 1.82) is 0 Å². The monoisotopic (exact) mass is 210 g/mol. The first-order valence-electron chi connectivity index (χ1n) is 5.05. The molecule has 1 aromatic heterocycles. The molecule has 16 heavy (non-hydrogen) atoms. The predicted octanol–water partition coefficient (Wildman–Crippen LogP) is 2.94. The van der Waals surface area contributed by atoms with E-state index in [4.69, 9.17) is 0 Å². The molecule has 0 saturated carbocycles. The number of nitrogens with one attached hydrogen (secondary N) is 1. The van der Waals surface area contributed by atoms with Gasteiger partial charge in [-0.05, 0) is 35.4 Å². The molecule has 0 aliphatic rings. The van der Waals surface area contributed by atoms with Gasteiger partial charge in [0.2, 0.25) is 0 Å². The molecule has 2 aromatic carbocycles. The Morgan fingerprint density at radius 3 is 2.75 bits per heavy atom. The second-order valence-electron chi connectivity index (χ2n) is 3.68. The molecule has 0 aliphatic carbocycles. The van der Waals surface area contributed by atoms with Gasteiger partial charge < -0.3 is 10.1 Å². The van der Waals surface area contributed by atoms with E-state index < -0.39 is 0 Å². The highest BCUT2D eigenvalue weighted by atomic mass is 16.3. The van der Waals surface area contributed by atoms with Gasteiger partial charge in [-0.25, -0.2) is 4.98 Å². The number of benzene rings is 2. The van der Waals surface area contributed by atoms with E-state index in [1.165, 1.54) is 0 Å². The lowest BCUT2D eigenvalue weighted by atomic mass is 10.1. The third kappa shape index (κ3) is 1.42. The molecular weight excluding hydrogens is 200 g/mol. The fraction of sp³-hybridized carbons (Fsp3) is 0. The molecule has 0 saturated heterocycles. The molecular formula is C13H10N2O. The summed E-state index contributed by atoms with van der Waals surface area (Å²) in [4.78, 5) is 7.24. The molecule has 3 nitrogen and oxygen atoms in total. The molecule has 0 unspecified atom stereocenters. The zero-order valence-corrected chi connectivity index (χ0v) is 8.51. The van der Waals surface area contributed by atoms with Crippen LogP contribution < -0.4 is 0 Å². The second kappa shape index (κ2) is 3.38. The smallest absolute Gasteiger partial charge is 0.116 e. The number of aromatic amines is 1. The summed E-state index contributed by atoms with van der Waals surface area (Å²) in [6.45, 7) is 0. The zero-order chi connectivity index (χ0) is 11.0. The van der Waals surface area contributed by atoms with Crippen molar-refractivity contribution in [2.24, 2.45) is 0 Å². The van der Waals surface area contributed by atoms with Crippen LogP contribution in [0.25, 0.3) is 22.2 Å². The normalized spacial score (nSPS) is 10.8. The van der Waals surface area contributed by atoms with Crippen LogP contribution in [0.15, 0.2) is 48.8 Å². The highest BCUT2D eigenvalue weighted by Crippen LogP contribution is 2.25. The lowest BCUT2D eigenvalue weighted by Gasteiger charge is -2.02. The van der Waals surface area contributed by atoms with Gasteiger partial charge in [0.25, 0.3) is 0 Å². The maximum absolute atomic E-state index is 9.43. The highest BCUT2D eigenvalue weighted by molar-refractivity contribution is 5.81. The van der Waals surface area contributed by atoms with Gasteiger partial charge in [-0.2, -0.15) is 0 Å². The number of phenols is 1. The van der Waals surface area contributed by atoms with Crippen LogP contribution in [0, 0.1) is 0 Å². The summed E-state index contributed by atoms with van der Waals surface area (Å²) in [6.07, 6.45) is 1.68. The van der Waals surface area contributed by atoms with Gasteiger partial charge >= 0.3 is 0 Å². The van der Waals surface area contributed by atoms with Crippen molar-refractivity contribution in [2.75, 3.05) is 0 Å². The average Bonchev–Trinajstić information content (AvgIpc) is 2.75. The minimum Gasteiger partial charge on any atom is -0.508 e. The van der Waals surface area contributed by atoms with E-state index in [9.17, 15) is 5.11 Å². The number of imidazole rings is 1. The summed E-state index contributed by atoms with van der Waals surface area (Å²) in [5.41, 5.74) is 4.01. The van der Waals surface area contributed by atoms with Crippen molar-refractivity contribution in [1.82, 2.24) is 9.97 Å². The minimum absolute atomic E-state index is 0.280. The molecule has 0 amide bonds. The molecule has 3 rings (SSSR count). The molecule has 3 aromatic rings. The van der Waals surface area contributed by atoms with Gasteiger partial charge in [0.1, 0.15) is 5.75 Å². The lowest BCUT2D eigenvalue weighted by molar-refractivity contribution is 0.475. The fourth-order valence-corrected chi connectivity index (χ4v) is 1.80. The first kappa shape index (κ1) is 8.97. The maximum atomic E-state index is 9.43. The van der Waals surface area contributed by atoms with Gasteiger partial charge in [0.05, 0.1) is 17.4 Å². The molecule has 78 valence electrons. The van der Waals surface area contributed by atoms with E-state index in [0.29, 0.717) is 0 Å². The van der Waals surface area contributed by atoms with Crippen LogP contribution in [0.4, 0.5) is 0 Å². The van der Waals surface area contributed by atoms with Gasteiger partial charge in [-0.1, -0.05) is 18.2 Å². The van der Waals surface area contributed by atoms with E-state index in [0.717, 1.165) is 22.2 Å². The molecule has 0 radical (unpaired) electrons. The van der Waals surface area contributed by atoms with Gasteiger partial charge in [0, 0.05) is 0 Å². The summed E-state index contributed by atoms with van der Waals surface area (Å²) in [7, 11) is 0. The molecule has 3 heteroatoms. The summed E-state index contributed by atoms with van der Waals surface area (Å²) in [6, 6.07) is 13.2. The van der Waals surface area contributed by atoms with Gasteiger partial charge in [0.15, 0.2) is 0 Å². The second-order valence-corrected chi connectivity index (χ2v) is 3.68. The van der Waals surface area contributed by atoms with E-state index in [1.807, 2.05) is 30.3 Å². The highest BCUT2D eigenvalue weighted by Gasteiger charge is 2.01. The van der Waals surface area contributed by atoms with Crippen molar-refractivity contribution in [3.8, 4) is 16.9 Å². The molecule has 2 N–H and O–H groups in total. The quantitative estimate of drug-likeness (QED) is 0.648. The number of hydrogen-bond donors (Lipinski definition) is 2. The minimum atomic E-state index is 0.280. The van der Waals surface area contributed by atoms with E-state index in [2.05, 4.69) is 9.97 Å². The predicted molar refractivity (Wildman–Crippen MR) is 63.2 cm³/mol. The number of rotatable bonds is 1. The average molecular weight is 210 g/mol. The van der Waals surface area contributed by atoms with Crippen molar-refractivity contribution in [2.45, 2.75) is 0 Å². The molecule has 1 heterocycles. The third-order valence-corrected chi connectivity index (χ3v) is 2.60. The first-order chi connectivity index (χ1) is 7.83. The summed E-state index contributed by atoms with van der Waals surface area (Å²) >= 11 is 0. The maximum Gasteiger partial charge on any atom is 0.116 e. The Bertz CT molecular complexity index is 643. The Kier molecular flexibility index (Phi) is 1.90. The summed E-state index contributed by atoms with van der Waals surface area (Å²) in [5.74, 6) is 0.280. The number of hydrogen-bond acceptors (Lipinski definition) is 2. The van der Waals surface area contributed by atoms with Crippen LogP contribution in [0.2, 0.25) is 0 Å². The topological polar surface area (TPSA) is 48.9 Å². The Balaban J connectivity index is 2.18. The van der Waals surface area contributed by atoms with E-state index >= 15 is 0 Å². The first-order valence-corrected chi connectivity index (χ1v) is 5.05. The van der Waals surface area contributed by atoms with E-state index in [1.54, 1.807) is 18.5 Å². The molecule has 0 fully saturated rings. The molecule has 0 spiro atoms. The van der Waals surface area contributed by atoms with Crippen LogP contribution in [-0.4, -0.2) is 15.1 Å². The standard InChI is InChI=1S/C13H10N2O/c16-11-3-1-2-9(6-11)10-4-5-12-13(7-10)15-8-14-12/h1-8,16H,(H,14,15). The SMILES string of the molecule is Oc1cccc(-c2ccc3nc[nH]c3c2)c1. The fourth-order valence-electron chi connectivity index (χ4n) is 1.80. The Morgan fingerprint density at radius 2 is 1.88 bits per heavy atom. The molecule has 0 atom stereocenters. The van der Waals surface area contributed by atoms with Crippen LogP contribution in [0.3, 0.4) is 0 Å². The van der Waals surface area contributed by atoms with Crippen molar-refractivity contribution >= 4 is 11.0 Å². The van der Waals surface area contributed by atoms with Crippen LogP contribution >= 0.6 is 0 Å². The largest absolute Gasteiger partial charge is 0.508 e. The lowest BCUT2D eigenvalue weighted by Crippen LogP contribution is -1.78. The number of H-pyrrole nitrogens is 1. The van der Waals surface area contributed by atoms with Crippen LogP contribution in [0.5, 0.6) is 5.75 Å². The number of aromatic hydroxyl groups is 1. The van der Waals surface area contributed by atoms with Gasteiger partial charge in [-0.3, -0.25) is 0 Å². The molecule has 0 bridgehead atoms. The summed E-state index contributed by atoms with van der Waals surface area (Å²) < 4.78 is 0. The van der Waals surface area contributed by atoms with Crippen LogP contribution in [0.1, 0.15) is 0 Å². The van der Waals surface area contributed by atoms with Crippen molar-refractivity contribution in [3.63, 3.8) is 0 Å². The Hall–Kier alpha value is -2.29. The zero-order valence-electron chi connectivity index (χ0n) is 8.51. The Labute approximate surface area is 92.4 Å². The van der Waals surface area contributed by atoms with E-state index in [-0.39, 0.29) is 5.75 Å².